The fraction of sp³-hybridized carbons (Fsp3) is 0.263. The molecule has 0 atom stereocenters. The number of carbonyl (C=O) groups excluding carboxylic acids is 2. The van der Waals surface area contributed by atoms with Crippen LogP contribution in [0, 0.1) is 11.8 Å². The van der Waals surface area contributed by atoms with Gasteiger partial charge in [-0.25, -0.2) is 4.98 Å². The van der Waals surface area contributed by atoms with Crippen LogP contribution in [-0.4, -0.2) is 34.9 Å². The zero-order valence-corrected chi connectivity index (χ0v) is 13.7. The molecule has 6 heteroatoms. The molecule has 2 aromatic rings. The standard InChI is InChI=1S/C19H18N4O2/c24-18-5-1-2-13-23(18)16-8-6-15(7-9-16)4-3-10-22-19(25)17-14-20-11-12-21-17/h6-9,11-12,14H,1-2,5,10,13H2,(H,22,25). The molecule has 1 aliphatic heterocycles. The molecule has 0 unspecified atom stereocenters. The predicted molar refractivity (Wildman–Crippen MR) is 93.9 cm³/mol. The first kappa shape index (κ1) is 16.7. The number of anilines is 1. The second-order valence-electron chi connectivity index (χ2n) is 5.62. The maximum absolute atomic E-state index is 11.9. The molecule has 1 aromatic carbocycles. The van der Waals surface area contributed by atoms with E-state index in [2.05, 4.69) is 27.1 Å². The first-order chi connectivity index (χ1) is 12.2. The zero-order valence-electron chi connectivity index (χ0n) is 13.7. The van der Waals surface area contributed by atoms with Gasteiger partial charge in [0.25, 0.3) is 5.91 Å². The van der Waals surface area contributed by atoms with E-state index in [9.17, 15) is 9.59 Å². The predicted octanol–water partition coefficient (Wildman–Crippen LogP) is 1.77. The molecule has 0 aliphatic carbocycles. The van der Waals surface area contributed by atoms with Crippen molar-refractivity contribution in [1.82, 2.24) is 15.3 Å². The highest BCUT2D eigenvalue weighted by Gasteiger charge is 2.19. The molecule has 6 nitrogen and oxygen atoms in total. The molecule has 1 N–H and O–H groups in total. The lowest BCUT2D eigenvalue weighted by atomic mass is 10.1. The Morgan fingerprint density at radius 2 is 2.04 bits per heavy atom. The molecule has 25 heavy (non-hydrogen) atoms. The van der Waals surface area contributed by atoms with Gasteiger partial charge in [0.1, 0.15) is 5.69 Å². The van der Waals surface area contributed by atoms with Gasteiger partial charge in [-0.2, -0.15) is 0 Å². The zero-order chi connectivity index (χ0) is 17.5. The van der Waals surface area contributed by atoms with Crippen LogP contribution < -0.4 is 10.2 Å². The van der Waals surface area contributed by atoms with Crippen molar-refractivity contribution in [2.45, 2.75) is 19.3 Å². The van der Waals surface area contributed by atoms with Gasteiger partial charge in [-0.1, -0.05) is 11.8 Å². The van der Waals surface area contributed by atoms with E-state index in [0.29, 0.717) is 6.42 Å². The number of nitrogens with zero attached hydrogens (tertiary/aromatic N) is 3. The van der Waals surface area contributed by atoms with Gasteiger partial charge >= 0.3 is 0 Å². The van der Waals surface area contributed by atoms with Crippen molar-refractivity contribution in [2.24, 2.45) is 0 Å². The Balaban J connectivity index is 1.54. The lowest BCUT2D eigenvalue weighted by molar-refractivity contribution is -0.119. The molecule has 2 heterocycles. The van der Waals surface area contributed by atoms with Crippen LogP contribution in [0.1, 0.15) is 35.3 Å². The van der Waals surface area contributed by atoms with Crippen LogP contribution in [0.3, 0.4) is 0 Å². The van der Waals surface area contributed by atoms with Crippen molar-refractivity contribution in [3.8, 4) is 11.8 Å². The third-order valence-electron chi connectivity index (χ3n) is 3.87. The quantitative estimate of drug-likeness (QED) is 0.868. The molecule has 0 radical (unpaired) electrons. The van der Waals surface area contributed by atoms with Crippen LogP contribution >= 0.6 is 0 Å². The summed E-state index contributed by atoms with van der Waals surface area (Å²) in [6.45, 7) is 1.00. The van der Waals surface area contributed by atoms with Gasteiger partial charge in [0, 0.05) is 36.6 Å². The van der Waals surface area contributed by atoms with Gasteiger partial charge in [0.05, 0.1) is 12.7 Å². The Labute approximate surface area is 146 Å². The number of hydrogen-bond donors (Lipinski definition) is 1. The summed E-state index contributed by atoms with van der Waals surface area (Å²) in [7, 11) is 0. The van der Waals surface area contributed by atoms with Gasteiger partial charge in [0.15, 0.2) is 0 Å². The molecule has 1 fully saturated rings. The summed E-state index contributed by atoms with van der Waals surface area (Å²) >= 11 is 0. The SMILES string of the molecule is O=C(NCC#Cc1ccc(N2CCCCC2=O)cc1)c1cnccn1. The molecule has 0 saturated carbocycles. The second-order valence-corrected chi connectivity index (χ2v) is 5.62. The summed E-state index contributed by atoms with van der Waals surface area (Å²) in [6.07, 6.45) is 7.02. The third-order valence-corrected chi connectivity index (χ3v) is 3.87. The molecular formula is C19H18N4O2. The normalized spacial score (nSPS) is 13.8. The average Bonchev–Trinajstić information content (AvgIpc) is 2.67. The summed E-state index contributed by atoms with van der Waals surface area (Å²) in [5, 5.41) is 2.67. The number of hydrogen-bond acceptors (Lipinski definition) is 4. The van der Waals surface area contributed by atoms with Gasteiger partial charge in [-0.05, 0) is 37.1 Å². The van der Waals surface area contributed by atoms with Gasteiger partial charge in [0.2, 0.25) is 5.91 Å². The highest BCUT2D eigenvalue weighted by Crippen LogP contribution is 2.20. The number of rotatable bonds is 3. The minimum absolute atomic E-state index is 0.178. The Bertz CT molecular complexity index is 807. The average molecular weight is 334 g/mol. The highest BCUT2D eigenvalue weighted by molar-refractivity contribution is 5.94. The smallest absolute Gasteiger partial charge is 0.272 e. The van der Waals surface area contributed by atoms with E-state index in [4.69, 9.17) is 0 Å². The largest absolute Gasteiger partial charge is 0.340 e. The summed E-state index contributed by atoms with van der Waals surface area (Å²) in [5.41, 5.74) is 2.01. The van der Waals surface area contributed by atoms with Crippen LogP contribution in [0.2, 0.25) is 0 Å². The molecule has 1 saturated heterocycles. The first-order valence-electron chi connectivity index (χ1n) is 8.17. The molecule has 3 rings (SSSR count). The topological polar surface area (TPSA) is 75.2 Å². The van der Waals surface area contributed by atoms with Crippen molar-refractivity contribution in [2.75, 3.05) is 18.0 Å². The molecule has 2 amide bonds. The molecular weight excluding hydrogens is 316 g/mol. The van der Waals surface area contributed by atoms with E-state index in [-0.39, 0.29) is 24.1 Å². The number of carbonyl (C=O) groups is 2. The Kier molecular flexibility index (Phi) is 5.37. The Morgan fingerprint density at radius 1 is 1.20 bits per heavy atom. The summed E-state index contributed by atoms with van der Waals surface area (Å²) in [5.74, 6) is 5.76. The number of amides is 2. The van der Waals surface area contributed by atoms with Crippen LogP contribution in [0.5, 0.6) is 0 Å². The van der Waals surface area contributed by atoms with Crippen molar-refractivity contribution in [3.05, 3.63) is 54.1 Å². The summed E-state index contributed by atoms with van der Waals surface area (Å²) < 4.78 is 0. The van der Waals surface area contributed by atoms with Crippen molar-refractivity contribution in [1.29, 1.82) is 0 Å². The Hall–Kier alpha value is -3.20. The number of piperidine rings is 1. The van der Waals surface area contributed by atoms with Crippen LogP contribution in [0.25, 0.3) is 0 Å². The lowest BCUT2D eigenvalue weighted by Gasteiger charge is -2.26. The molecule has 0 bridgehead atoms. The molecule has 1 aromatic heterocycles. The number of aromatic nitrogens is 2. The summed E-state index contributed by atoms with van der Waals surface area (Å²) in [4.78, 5) is 33.3. The van der Waals surface area contributed by atoms with E-state index in [0.717, 1.165) is 30.6 Å². The van der Waals surface area contributed by atoms with E-state index >= 15 is 0 Å². The van der Waals surface area contributed by atoms with E-state index < -0.39 is 0 Å². The van der Waals surface area contributed by atoms with E-state index in [1.807, 2.05) is 29.2 Å². The fourth-order valence-electron chi connectivity index (χ4n) is 2.58. The second kappa shape index (κ2) is 8.06. The van der Waals surface area contributed by atoms with Gasteiger partial charge in [-0.15, -0.1) is 0 Å². The maximum Gasteiger partial charge on any atom is 0.272 e. The number of nitrogens with one attached hydrogen (secondary N) is 1. The van der Waals surface area contributed by atoms with Gasteiger partial charge < -0.3 is 10.2 Å². The van der Waals surface area contributed by atoms with E-state index in [1.54, 1.807) is 0 Å². The third kappa shape index (κ3) is 4.42. The molecule has 126 valence electrons. The van der Waals surface area contributed by atoms with Crippen LogP contribution in [0.15, 0.2) is 42.9 Å². The van der Waals surface area contributed by atoms with Gasteiger partial charge in [-0.3, -0.25) is 14.6 Å². The van der Waals surface area contributed by atoms with Crippen molar-refractivity contribution >= 4 is 17.5 Å². The van der Waals surface area contributed by atoms with Crippen LogP contribution in [0.4, 0.5) is 5.69 Å². The minimum Gasteiger partial charge on any atom is -0.340 e. The maximum atomic E-state index is 11.9. The van der Waals surface area contributed by atoms with Crippen LogP contribution in [-0.2, 0) is 4.79 Å². The monoisotopic (exact) mass is 334 g/mol. The number of benzene rings is 1. The highest BCUT2D eigenvalue weighted by atomic mass is 16.2. The molecule has 1 aliphatic rings. The van der Waals surface area contributed by atoms with Crippen molar-refractivity contribution < 1.29 is 9.59 Å². The molecule has 0 spiro atoms. The lowest BCUT2D eigenvalue weighted by Crippen LogP contribution is -2.35. The van der Waals surface area contributed by atoms with Crippen molar-refractivity contribution in [3.63, 3.8) is 0 Å². The first-order valence-corrected chi connectivity index (χ1v) is 8.17. The Morgan fingerprint density at radius 3 is 2.76 bits per heavy atom. The van der Waals surface area contributed by atoms with E-state index in [1.165, 1.54) is 18.6 Å². The fourth-order valence-corrected chi connectivity index (χ4v) is 2.58. The minimum atomic E-state index is -0.304. The summed E-state index contributed by atoms with van der Waals surface area (Å²) in [6, 6.07) is 7.58.